The fourth-order valence-electron chi connectivity index (χ4n) is 1.96. The molecule has 2 rings (SSSR count). The number of rotatable bonds is 6. The molecular weight excluding hydrogens is 334 g/mol. The minimum atomic E-state index is 0.00474. The van der Waals surface area contributed by atoms with Gasteiger partial charge < -0.3 is 10.1 Å². The Labute approximate surface area is 132 Å². The monoisotopic (exact) mass is 353 g/mol. The minimum Gasteiger partial charge on any atom is -0.476 e. The summed E-state index contributed by atoms with van der Waals surface area (Å²) >= 11 is 3.44. The van der Waals surface area contributed by atoms with Crippen LogP contribution in [0.25, 0.3) is 10.9 Å². The summed E-state index contributed by atoms with van der Waals surface area (Å²) in [5.74, 6) is 1.02. The van der Waals surface area contributed by atoms with Gasteiger partial charge >= 0.3 is 0 Å². The maximum atomic E-state index is 11.6. The molecule has 5 nitrogen and oxygen atoms in total. The Morgan fingerprint density at radius 2 is 2.24 bits per heavy atom. The van der Waals surface area contributed by atoms with Crippen molar-refractivity contribution in [3.05, 3.63) is 22.7 Å². The second-order valence-corrected chi connectivity index (χ2v) is 6.30. The van der Waals surface area contributed by atoms with E-state index in [0.717, 1.165) is 15.4 Å². The van der Waals surface area contributed by atoms with E-state index in [1.54, 1.807) is 4.68 Å². The van der Waals surface area contributed by atoms with Crippen molar-refractivity contribution < 1.29 is 9.53 Å². The fourth-order valence-corrected chi connectivity index (χ4v) is 2.32. The summed E-state index contributed by atoms with van der Waals surface area (Å²) in [7, 11) is 1.87. The predicted molar refractivity (Wildman–Crippen MR) is 86.4 cm³/mol. The maximum Gasteiger partial charge on any atom is 0.240 e. The van der Waals surface area contributed by atoms with E-state index in [9.17, 15) is 4.79 Å². The first kappa shape index (κ1) is 15.8. The molecule has 1 heterocycles. The van der Waals surface area contributed by atoms with Crippen molar-refractivity contribution in [2.24, 2.45) is 13.0 Å². The van der Waals surface area contributed by atoms with Gasteiger partial charge in [-0.3, -0.25) is 9.48 Å². The van der Waals surface area contributed by atoms with Gasteiger partial charge in [0.2, 0.25) is 11.8 Å². The molecule has 0 aliphatic heterocycles. The molecule has 6 heteroatoms. The van der Waals surface area contributed by atoms with Crippen molar-refractivity contribution >= 4 is 32.7 Å². The summed E-state index contributed by atoms with van der Waals surface area (Å²) in [5, 5.41) is 8.15. The Morgan fingerprint density at radius 3 is 2.95 bits per heavy atom. The highest BCUT2D eigenvalue weighted by Gasteiger charge is 2.11. The van der Waals surface area contributed by atoms with E-state index >= 15 is 0 Å². The Morgan fingerprint density at radius 1 is 1.48 bits per heavy atom. The molecule has 0 aliphatic carbocycles. The van der Waals surface area contributed by atoms with Crippen LogP contribution >= 0.6 is 15.9 Å². The third-order valence-corrected chi connectivity index (χ3v) is 3.55. The van der Waals surface area contributed by atoms with E-state index in [2.05, 4.69) is 40.2 Å². The van der Waals surface area contributed by atoms with Crippen LogP contribution in [0, 0.1) is 5.92 Å². The molecule has 1 N–H and O–H groups in total. The highest BCUT2D eigenvalue weighted by atomic mass is 79.9. The number of hydrogen-bond donors (Lipinski definition) is 1. The van der Waals surface area contributed by atoms with E-state index in [4.69, 9.17) is 4.74 Å². The van der Waals surface area contributed by atoms with Gasteiger partial charge in [-0.2, -0.15) is 0 Å². The van der Waals surface area contributed by atoms with Gasteiger partial charge in [0.05, 0.1) is 23.9 Å². The Bertz CT molecular complexity index is 637. The first-order chi connectivity index (χ1) is 9.97. The van der Waals surface area contributed by atoms with Gasteiger partial charge in [0.15, 0.2) is 0 Å². The molecule has 1 aromatic heterocycles. The van der Waals surface area contributed by atoms with Crippen molar-refractivity contribution in [2.45, 2.75) is 20.3 Å². The van der Waals surface area contributed by atoms with Crippen LogP contribution in [-0.2, 0) is 11.8 Å². The van der Waals surface area contributed by atoms with Crippen molar-refractivity contribution in [3.63, 3.8) is 0 Å². The number of nitrogens with zero attached hydrogens (tertiary/aromatic N) is 2. The van der Waals surface area contributed by atoms with Crippen LogP contribution in [0.2, 0.25) is 0 Å². The molecule has 0 saturated carbocycles. The normalized spacial score (nSPS) is 11.1. The number of nitrogens with one attached hydrogen (secondary N) is 1. The summed E-state index contributed by atoms with van der Waals surface area (Å²) in [5.41, 5.74) is 0.998. The third kappa shape index (κ3) is 4.20. The number of hydrogen-bond acceptors (Lipinski definition) is 3. The summed E-state index contributed by atoms with van der Waals surface area (Å²) in [6.07, 6.45) is 0.332. The van der Waals surface area contributed by atoms with E-state index in [1.165, 1.54) is 0 Å². The first-order valence-electron chi connectivity index (χ1n) is 6.99. The lowest BCUT2D eigenvalue weighted by Gasteiger charge is -2.07. The van der Waals surface area contributed by atoms with Gasteiger partial charge in [-0.1, -0.05) is 29.8 Å². The quantitative estimate of drug-likeness (QED) is 0.868. The number of halogens is 1. The molecule has 1 amide bonds. The Hall–Kier alpha value is -1.56. The van der Waals surface area contributed by atoms with Crippen LogP contribution in [0.1, 0.15) is 20.3 Å². The average Bonchev–Trinajstić information content (AvgIpc) is 2.73. The van der Waals surface area contributed by atoms with Crippen LogP contribution in [-0.4, -0.2) is 28.8 Å². The SMILES string of the molecule is CC(C)CNC(=O)CCOc1nn(C)c2ccc(Br)cc12. The van der Waals surface area contributed by atoms with Gasteiger partial charge in [0.25, 0.3) is 0 Å². The Balaban J connectivity index is 1.95. The molecule has 0 atom stereocenters. The van der Waals surface area contributed by atoms with Crippen LogP contribution in [0.4, 0.5) is 0 Å². The molecule has 0 fully saturated rings. The van der Waals surface area contributed by atoms with Crippen LogP contribution in [0.15, 0.2) is 22.7 Å². The van der Waals surface area contributed by atoms with Gasteiger partial charge in [-0.15, -0.1) is 5.10 Å². The molecule has 21 heavy (non-hydrogen) atoms. The number of ether oxygens (including phenoxy) is 1. The lowest BCUT2D eigenvalue weighted by molar-refractivity contribution is -0.121. The number of fused-ring (bicyclic) bond motifs is 1. The number of carbonyl (C=O) groups excluding carboxylic acids is 1. The van der Waals surface area contributed by atoms with Gasteiger partial charge in [0.1, 0.15) is 0 Å². The van der Waals surface area contributed by atoms with Crippen molar-refractivity contribution in [1.82, 2.24) is 15.1 Å². The molecule has 0 spiro atoms. The molecule has 0 unspecified atom stereocenters. The predicted octanol–water partition coefficient (Wildman–Crippen LogP) is 2.88. The fraction of sp³-hybridized carbons (Fsp3) is 0.467. The number of carbonyl (C=O) groups is 1. The smallest absolute Gasteiger partial charge is 0.240 e. The van der Waals surface area contributed by atoms with Crippen molar-refractivity contribution in [2.75, 3.05) is 13.2 Å². The lowest BCUT2D eigenvalue weighted by Crippen LogP contribution is -2.28. The van der Waals surface area contributed by atoms with E-state index in [1.807, 2.05) is 25.2 Å². The number of amides is 1. The summed E-state index contributed by atoms with van der Waals surface area (Å²) < 4.78 is 8.41. The zero-order valence-corrected chi connectivity index (χ0v) is 14.1. The number of aryl methyl sites for hydroxylation is 1. The van der Waals surface area contributed by atoms with Crippen molar-refractivity contribution in [1.29, 1.82) is 0 Å². The second kappa shape index (κ2) is 6.93. The second-order valence-electron chi connectivity index (χ2n) is 5.39. The van der Waals surface area contributed by atoms with Crippen molar-refractivity contribution in [3.8, 4) is 5.88 Å². The van der Waals surface area contributed by atoms with Crippen LogP contribution in [0.3, 0.4) is 0 Å². The van der Waals surface area contributed by atoms with Crippen LogP contribution in [0.5, 0.6) is 5.88 Å². The number of aromatic nitrogens is 2. The molecule has 114 valence electrons. The van der Waals surface area contributed by atoms with E-state index < -0.39 is 0 Å². The molecule has 0 bridgehead atoms. The molecular formula is C15H20BrN3O2. The highest BCUT2D eigenvalue weighted by Crippen LogP contribution is 2.27. The summed E-state index contributed by atoms with van der Waals surface area (Å²) in [6, 6.07) is 5.91. The Kier molecular flexibility index (Phi) is 5.22. The zero-order valence-electron chi connectivity index (χ0n) is 12.5. The maximum absolute atomic E-state index is 11.6. The van der Waals surface area contributed by atoms with Gasteiger partial charge in [-0.05, 0) is 24.1 Å². The summed E-state index contributed by atoms with van der Waals surface area (Å²) in [4.78, 5) is 11.6. The molecule has 2 aromatic rings. The van der Waals surface area contributed by atoms with Gasteiger partial charge in [0, 0.05) is 18.1 Å². The molecule has 0 aliphatic rings. The van der Waals surface area contributed by atoms with E-state index in [0.29, 0.717) is 31.4 Å². The average molecular weight is 354 g/mol. The standard InChI is InChI=1S/C15H20BrN3O2/c1-10(2)9-17-14(20)6-7-21-15-12-8-11(16)4-5-13(12)19(3)18-15/h4-5,8,10H,6-7,9H2,1-3H3,(H,17,20). The number of benzene rings is 1. The largest absolute Gasteiger partial charge is 0.476 e. The van der Waals surface area contributed by atoms with Crippen LogP contribution < -0.4 is 10.1 Å². The molecule has 0 radical (unpaired) electrons. The zero-order chi connectivity index (χ0) is 15.4. The third-order valence-electron chi connectivity index (χ3n) is 3.05. The summed E-state index contributed by atoms with van der Waals surface area (Å²) in [6.45, 7) is 5.14. The lowest BCUT2D eigenvalue weighted by atomic mass is 10.2. The minimum absolute atomic E-state index is 0.00474. The topological polar surface area (TPSA) is 56.1 Å². The molecule has 0 saturated heterocycles. The first-order valence-corrected chi connectivity index (χ1v) is 7.78. The van der Waals surface area contributed by atoms with Gasteiger partial charge in [-0.25, -0.2) is 0 Å². The van der Waals surface area contributed by atoms with E-state index in [-0.39, 0.29) is 5.91 Å². The highest BCUT2D eigenvalue weighted by molar-refractivity contribution is 9.10. The molecule has 1 aromatic carbocycles.